The van der Waals surface area contributed by atoms with Crippen molar-refractivity contribution in [1.29, 1.82) is 0 Å². The van der Waals surface area contributed by atoms with E-state index < -0.39 is 11.7 Å². The summed E-state index contributed by atoms with van der Waals surface area (Å²) in [7, 11) is 0. The van der Waals surface area contributed by atoms with Gasteiger partial charge in [-0.05, 0) is 23.8 Å². The molecule has 0 atom stereocenters. The van der Waals surface area contributed by atoms with Gasteiger partial charge in [-0.25, -0.2) is 0 Å². The number of carbonyl (C=O) groups is 2. The second kappa shape index (κ2) is 4.93. The number of anilines is 1. The minimum Gasteiger partial charge on any atom is -0.299 e. The van der Waals surface area contributed by atoms with Crippen molar-refractivity contribution >= 4 is 40.6 Å². The fourth-order valence-electron chi connectivity index (χ4n) is 2.26. The Hall–Kier alpha value is -1.84. The molecule has 0 saturated carbocycles. The molecule has 1 aliphatic heterocycles. The molecule has 20 heavy (non-hydrogen) atoms. The monoisotopic (exact) mass is 305 g/mol. The normalized spacial score (nSPS) is 13.8. The van der Waals surface area contributed by atoms with Crippen molar-refractivity contribution in [2.75, 3.05) is 4.90 Å². The van der Waals surface area contributed by atoms with Crippen molar-refractivity contribution in [3.05, 3.63) is 63.6 Å². The highest BCUT2D eigenvalue weighted by Crippen LogP contribution is 2.37. The Morgan fingerprint density at radius 1 is 0.900 bits per heavy atom. The molecule has 3 rings (SSSR count). The van der Waals surface area contributed by atoms with Crippen molar-refractivity contribution in [3.63, 3.8) is 0 Å². The minimum absolute atomic E-state index is 0.223. The van der Waals surface area contributed by atoms with Crippen molar-refractivity contribution in [2.45, 2.75) is 6.54 Å². The molecule has 2 aromatic carbocycles. The highest BCUT2D eigenvalue weighted by molar-refractivity contribution is 6.54. The van der Waals surface area contributed by atoms with E-state index in [0.717, 1.165) is 5.56 Å². The Morgan fingerprint density at radius 2 is 1.60 bits per heavy atom. The number of hydrogen-bond donors (Lipinski definition) is 0. The van der Waals surface area contributed by atoms with Crippen LogP contribution in [0.5, 0.6) is 0 Å². The van der Waals surface area contributed by atoms with E-state index >= 15 is 0 Å². The molecule has 0 radical (unpaired) electrons. The lowest BCUT2D eigenvalue weighted by Gasteiger charge is -2.18. The van der Waals surface area contributed by atoms with Crippen molar-refractivity contribution in [3.8, 4) is 0 Å². The van der Waals surface area contributed by atoms with Crippen molar-refractivity contribution < 1.29 is 9.59 Å². The highest BCUT2D eigenvalue weighted by Gasteiger charge is 2.37. The van der Waals surface area contributed by atoms with Crippen LogP contribution in [0.4, 0.5) is 5.69 Å². The van der Waals surface area contributed by atoms with Crippen LogP contribution >= 0.6 is 23.2 Å². The Balaban J connectivity index is 2.06. The quantitative estimate of drug-likeness (QED) is 0.793. The smallest absolute Gasteiger partial charge is 0.299 e. The molecule has 0 aliphatic carbocycles. The van der Waals surface area contributed by atoms with E-state index in [1.54, 1.807) is 24.3 Å². The van der Waals surface area contributed by atoms with Gasteiger partial charge in [-0.15, -0.1) is 0 Å². The van der Waals surface area contributed by atoms with E-state index in [1.807, 2.05) is 18.2 Å². The van der Waals surface area contributed by atoms with Gasteiger partial charge < -0.3 is 0 Å². The lowest BCUT2D eigenvalue weighted by atomic mass is 10.1. The first-order valence-electron chi connectivity index (χ1n) is 5.97. The number of Topliss-reactive ketones (excluding diaryl/α,β-unsaturated/α-hetero) is 1. The maximum Gasteiger partial charge on any atom is 0.299 e. The van der Waals surface area contributed by atoms with Gasteiger partial charge >= 0.3 is 0 Å². The Bertz CT molecular complexity index is 728. The number of nitrogens with zero attached hydrogens (tertiary/aromatic N) is 1. The average Bonchev–Trinajstić information content (AvgIpc) is 2.68. The SMILES string of the molecule is O=C1C(=O)N(Cc2ccccc2Cl)c2c(Cl)cccc21. The predicted molar refractivity (Wildman–Crippen MR) is 78.4 cm³/mol. The number of hydrogen-bond acceptors (Lipinski definition) is 2. The number of halogens is 2. The zero-order chi connectivity index (χ0) is 14.3. The van der Waals surface area contributed by atoms with Crippen LogP contribution < -0.4 is 4.90 Å². The van der Waals surface area contributed by atoms with Crippen LogP contribution in [0.3, 0.4) is 0 Å². The zero-order valence-electron chi connectivity index (χ0n) is 10.3. The first-order valence-corrected chi connectivity index (χ1v) is 6.73. The second-order valence-electron chi connectivity index (χ2n) is 4.45. The summed E-state index contributed by atoms with van der Waals surface area (Å²) in [5, 5.41) is 0.932. The van der Waals surface area contributed by atoms with Crippen molar-refractivity contribution in [2.24, 2.45) is 0 Å². The molecule has 0 spiro atoms. The third kappa shape index (κ3) is 1.99. The van der Waals surface area contributed by atoms with Crippen LogP contribution in [0, 0.1) is 0 Å². The van der Waals surface area contributed by atoms with E-state index in [-0.39, 0.29) is 6.54 Å². The molecule has 5 heteroatoms. The van der Waals surface area contributed by atoms with Gasteiger partial charge in [0.25, 0.3) is 11.7 Å². The summed E-state index contributed by atoms with van der Waals surface area (Å²) < 4.78 is 0. The molecule has 0 aromatic heterocycles. The van der Waals surface area contributed by atoms with Gasteiger partial charge in [0.2, 0.25) is 0 Å². The average molecular weight is 306 g/mol. The fourth-order valence-corrected chi connectivity index (χ4v) is 2.73. The molecular weight excluding hydrogens is 297 g/mol. The molecule has 1 amide bonds. The lowest BCUT2D eigenvalue weighted by Crippen LogP contribution is -2.29. The van der Waals surface area contributed by atoms with Gasteiger partial charge in [0.05, 0.1) is 22.8 Å². The largest absolute Gasteiger partial charge is 0.299 e. The second-order valence-corrected chi connectivity index (χ2v) is 5.26. The molecule has 0 N–H and O–H groups in total. The maximum atomic E-state index is 12.1. The molecule has 0 unspecified atom stereocenters. The predicted octanol–water partition coefficient (Wildman–Crippen LogP) is 3.72. The van der Waals surface area contributed by atoms with E-state index in [1.165, 1.54) is 4.90 Å². The third-order valence-corrected chi connectivity index (χ3v) is 3.90. The number of rotatable bonds is 2. The van der Waals surface area contributed by atoms with Gasteiger partial charge in [-0.1, -0.05) is 47.5 Å². The number of ketones is 1. The summed E-state index contributed by atoms with van der Waals surface area (Å²) in [6.07, 6.45) is 0. The van der Waals surface area contributed by atoms with Crippen LogP contribution in [-0.2, 0) is 11.3 Å². The van der Waals surface area contributed by atoms with E-state index in [4.69, 9.17) is 23.2 Å². The van der Waals surface area contributed by atoms with Crippen LogP contribution in [0.15, 0.2) is 42.5 Å². The zero-order valence-corrected chi connectivity index (χ0v) is 11.8. The summed E-state index contributed by atoms with van der Waals surface area (Å²) in [5.74, 6) is -1.11. The summed E-state index contributed by atoms with van der Waals surface area (Å²) in [6, 6.07) is 12.1. The minimum atomic E-state index is -0.576. The topological polar surface area (TPSA) is 37.4 Å². The molecule has 0 fully saturated rings. The van der Waals surface area contributed by atoms with Gasteiger partial charge in [-0.3, -0.25) is 14.5 Å². The molecule has 2 aromatic rings. The molecule has 0 saturated heterocycles. The lowest BCUT2D eigenvalue weighted by molar-refractivity contribution is -0.114. The number of fused-ring (bicyclic) bond motifs is 1. The molecule has 3 nitrogen and oxygen atoms in total. The summed E-state index contributed by atoms with van der Waals surface area (Å²) in [5.41, 5.74) is 1.57. The standard InChI is InChI=1S/C15H9Cl2NO2/c16-11-6-2-1-4-9(11)8-18-13-10(14(19)15(18)20)5-3-7-12(13)17/h1-7H,8H2. The Morgan fingerprint density at radius 3 is 2.35 bits per heavy atom. The van der Waals surface area contributed by atoms with Crippen LogP contribution in [-0.4, -0.2) is 11.7 Å². The summed E-state index contributed by atoms with van der Waals surface area (Å²) >= 11 is 12.2. The molecule has 1 heterocycles. The van der Waals surface area contributed by atoms with Crippen LogP contribution in [0.25, 0.3) is 0 Å². The van der Waals surface area contributed by atoms with E-state index in [2.05, 4.69) is 0 Å². The van der Waals surface area contributed by atoms with Gasteiger partial charge in [0.15, 0.2) is 0 Å². The molecule has 0 bridgehead atoms. The van der Waals surface area contributed by atoms with E-state index in [0.29, 0.717) is 21.3 Å². The molecule has 100 valence electrons. The number of para-hydroxylation sites is 1. The molecular formula is C15H9Cl2NO2. The maximum absolute atomic E-state index is 12.1. The third-order valence-electron chi connectivity index (χ3n) is 3.23. The summed E-state index contributed by atoms with van der Waals surface area (Å²) in [6.45, 7) is 0.223. The highest BCUT2D eigenvalue weighted by atomic mass is 35.5. The first kappa shape index (κ1) is 13.2. The number of carbonyl (C=O) groups excluding carboxylic acids is 2. The summed E-state index contributed by atoms with van der Waals surface area (Å²) in [4.78, 5) is 25.4. The Kier molecular flexibility index (Phi) is 3.24. The van der Waals surface area contributed by atoms with Gasteiger partial charge in [-0.2, -0.15) is 0 Å². The van der Waals surface area contributed by atoms with Crippen LogP contribution in [0.1, 0.15) is 15.9 Å². The number of benzene rings is 2. The molecule has 1 aliphatic rings. The van der Waals surface area contributed by atoms with Gasteiger partial charge in [0.1, 0.15) is 0 Å². The fraction of sp³-hybridized carbons (Fsp3) is 0.0667. The van der Waals surface area contributed by atoms with Crippen LogP contribution in [0.2, 0.25) is 10.0 Å². The van der Waals surface area contributed by atoms with Gasteiger partial charge in [0, 0.05) is 5.02 Å². The van der Waals surface area contributed by atoms with Crippen molar-refractivity contribution in [1.82, 2.24) is 0 Å². The number of amides is 1. The first-order chi connectivity index (χ1) is 9.59. The Labute approximate surface area is 125 Å². The van der Waals surface area contributed by atoms with E-state index in [9.17, 15) is 9.59 Å².